The molecule has 0 aliphatic carbocycles. The maximum atomic E-state index is 12.0. The minimum Gasteiger partial charge on any atom is -0.481 e. The molecule has 0 aromatic carbocycles. The van der Waals surface area contributed by atoms with Crippen molar-refractivity contribution < 1.29 is 24.2 Å². The number of urea groups is 1. The highest BCUT2D eigenvalue weighted by molar-refractivity contribution is 5.75. The van der Waals surface area contributed by atoms with Gasteiger partial charge in [-0.3, -0.25) is 9.59 Å². The number of carbonyl (C=O) groups excluding carboxylic acids is 2. The molecule has 120 valence electrons. The third-order valence-corrected chi connectivity index (χ3v) is 3.48. The third kappa shape index (κ3) is 6.97. The minimum atomic E-state index is -0.800. The lowest BCUT2D eigenvalue weighted by molar-refractivity contribution is -0.143. The maximum absolute atomic E-state index is 12.0. The number of likely N-dealkylation sites (tertiary alicyclic amines) is 1. The maximum Gasteiger partial charge on any atom is 0.317 e. The molecule has 1 aliphatic rings. The summed E-state index contributed by atoms with van der Waals surface area (Å²) >= 11 is 0. The smallest absolute Gasteiger partial charge is 0.317 e. The van der Waals surface area contributed by atoms with Gasteiger partial charge >= 0.3 is 18.0 Å². The summed E-state index contributed by atoms with van der Waals surface area (Å²) in [7, 11) is 0. The predicted molar refractivity (Wildman–Crippen MR) is 75.8 cm³/mol. The topological polar surface area (TPSA) is 95.9 Å². The summed E-state index contributed by atoms with van der Waals surface area (Å²) in [6.07, 6.45) is 2.75. The number of amides is 2. The van der Waals surface area contributed by atoms with Crippen molar-refractivity contribution in [2.24, 2.45) is 5.92 Å². The Balaban J connectivity index is 2.26. The van der Waals surface area contributed by atoms with Crippen molar-refractivity contribution in [3.05, 3.63) is 0 Å². The summed E-state index contributed by atoms with van der Waals surface area (Å²) in [5.41, 5.74) is 0. The van der Waals surface area contributed by atoms with Gasteiger partial charge in [0.2, 0.25) is 0 Å². The van der Waals surface area contributed by atoms with E-state index in [1.54, 1.807) is 11.8 Å². The fraction of sp³-hybridized carbons (Fsp3) is 0.786. The van der Waals surface area contributed by atoms with Crippen LogP contribution in [-0.2, 0) is 14.3 Å². The summed E-state index contributed by atoms with van der Waals surface area (Å²) in [5, 5.41) is 11.4. The average Bonchev–Trinajstić information content (AvgIpc) is 2.45. The highest BCUT2D eigenvalue weighted by Crippen LogP contribution is 2.20. The Morgan fingerprint density at radius 2 is 2.10 bits per heavy atom. The summed E-state index contributed by atoms with van der Waals surface area (Å²) in [4.78, 5) is 35.4. The van der Waals surface area contributed by atoms with Gasteiger partial charge in [0.15, 0.2) is 0 Å². The number of carboxylic acid groups (broad SMARTS) is 1. The second kappa shape index (κ2) is 9.20. The lowest BCUT2D eigenvalue weighted by Gasteiger charge is -2.32. The Labute approximate surface area is 124 Å². The van der Waals surface area contributed by atoms with Gasteiger partial charge < -0.3 is 20.1 Å². The van der Waals surface area contributed by atoms with E-state index in [-0.39, 0.29) is 37.3 Å². The molecule has 1 aliphatic heterocycles. The van der Waals surface area contributed by atoms with Gasteiger partial charge in [-0.15, -0.1) is 0 Å². The van der Waals surface area contributed by atoms with E-state index in [2.05, 4.69) is 5.32 Å². The quantitative estimate of drug-likeness (QED) is 0.689. The molecule has 1 saturated heterocycles. The normalized spacial score (nSPS) is 18.1. The number of rotatable bonds is 7. The molecule has 1 atom stereocenters. The molecule has 0 bridgehead atoms. The van der Waals surface area contributed by atoms with Crippen LogP contribution in [0.1, 0.15) is 39.0 Å². The van der Waals surface area contributed by atoms with Crippen LogP contribution >= 0.6 is 0 Å². The highest BCUT2D eigenvalue weighted by Gasteiger charge is 2.23. The first-order chi connectivity index (χ1) is 10.0. The van der Waals surface area contributed by atoms with Crippen molar-refractivity contribution in [2.75, 3.05) is 26.2 Å². The van der Waals surface area contributed by atoms with Crippen LogP contribution in [0, 0.1) is 5.92 Å². The summed E-state index contributed by atoms with van der Waals surface area (Å²) in [6, 6.07) is -0.195. The van der Waals surface area contributed by atoms with Crippen molar-refractivity contribution in [3.8, 4) is 0 Å². The number of piperidine rings is 1. The van der Waals surface area contributed by atoms with Gasteiger partial charge in [0.05, 0.1) is 13.0 Å². The molecule has 2 amide bonds. The zero-order valence-corrected chi connectivity index (χ0v) is 12.5. The first-order valence-electron chi connectivity index (χ1n) is 7.43. The van der Waals surface area contributed by atoms with Crippen LogP contribution in [0.15, 0.2) is 0 Å². The van der Waals surface area contributed by atoms with Crippen molar-refractivity contribution in [3.63, 3.8) is 0 Å². The van der Waals surface area contributed by atoms with E-state index in [1.807, 2.05) is 0 Å². The fourth-order valence-corrected chi connectivity index (χ4v) is 2.43. The Bertz CT molecular complexity index is 372. The lowest BCUT2D eigenvalue weighted by atomic mass is 9.93. The van der Waals surface area contributed by atoms with E-state index in [1.165, 1.54) is 0 Å². The second-order valence-electron chi connectivity index (χ2n) is 5.17. The van der Waals surface area contributed by atoms with E-state index in [9.17, 15) is 14.4 Å². The number of aliphatic carboxylic acids is 1. The number of esters is 1. The van der Waals surface area contributed by atoms with E-state index < -0.39 is 5.97 Å². The molecule has 7 heteroatoms. The van der Waals surface area contributed by atoms with E-state index in [4.69, 9.17) is 9.84 Å². The van der Waals surface area contributed by atoms with E-state index >= 15 is 0 Å². The van der Waals surface area contributed by atoms with Crippen molar-refractivity contribution in [2.45, 2.75) is 39.0 Å². The van der Waals surface area contributed by atoms with Crippen molar-refractivity contribution in [1.29, 1.82) is 0 Å². The predicted octanol–water partition coefficient (Wildman–Crippen LogP) is 1.23. The standard InChI is InChI=1S/C14H24N2O5/c1-2-21-13(19)7-8-15-14(20)16-9-3-4-11(10-16)5-6-12(17)18/h11H,2-10H2,1H3,(H,15,20)(H,17,18). The number of nitrogens with one attached hydrogen (secondary N) is 1. The van der Waals surface area contributed by atoms with Crippen LogP contribution in [0.4, 0.5) is 4.79 Å². The van der Waals surface area contributed by atoms with Crippen LogP contribution in [0.2, 0.25) is 0 Å². The number of ether oxygens (including phenoxy) is 1. The zero-order valence-electron chi connectivity index (χ0n) is 12.5. The summed E-state index contributed by atoms with van der Waals surface area (Å²) < 4.78 is 4.78. The first-order valence-corrected chi connectivity index (χ1v) is 7.43. The molecule has 1 rings (SSSR count). The third-order valence-electron chi connectivity index (χ3n) is 3.48. The number of carbonyl (C=O) groups is 3. The highest BCUT2D eigenvalue weighted by atomic mass is 16.5. The molecule has 0 radical (unpaired) electrons. The molecular formula is C14H24N2O5. The van der Waals surface area contributed by atoms with Crippen LogP contribution in [-0.4, -0.2) is 54.2 Å². The molecule has 0 aromatic rings. The summed E-state index contributed by atoms with van der Waals surface area (Å²) in [5.74, 6) is -0.882. The van der Waals surface area contributed by atoms with Gasteiger partial charge in [0.25, 0.3) is 0 Å². The van der Waals surface area contributed by atoms with Gasteiger partial charge in [-0.25, -0.2) is 4.79 Å². The minimum absolute atomic E-state index is 0.142. The molecular weight excluding hydrogens is 276 g/mol. The van der Waals surface area contributed by atoms with Gasteiger partial charge in [-0.2, -0.15) is 0 Å². The Morgan fingerprint density at radius 1 is 1.33 bits per heavy atom. The van der Waals surface area contributed by atoms with Gasteiger partial charge in [0, 0.05) is 26.1 Å². The number of hydrogen-bond acceptors (Lipinski definition) is 4. The molecule has 1 heterocycles. The van der Waals surface area contributed by atoms with Crippen LogP contribution in [0.3, 0.4) is 0 Å². The molecule has 0 saturated carbocycles. The van der Waals surface area contributed by atoms with Crippen LogP contribution in [0.25, 0.3) is 0 Å². The Morgan fingerprint density at radius 3 is 2.76 bits per heavy atom. The number of hydrogen-bond donors (Lipinski definition) is 2. The Kier molecular flexibility index (Phi) is 7.56. The molecule has 1 fully saturated rings. The Hall–Kier alpha value is -1.79. The van der Waals surface area contributed by atoms with Crippen LogP contribution in [0.5, 0.6) is 0 Å². The zero-order chi connectivity index (χ0) is 15.7. The van der Waals surface area contributed by atoms with E-state index in [0.29, 0.717) is 26.1 Å². The molecule has 0 spiro atoms. The second-order valence-corrected chi connectivity index (χ2v) is 5.17. The van der Waals surface area contributed by atoms with Crippen molar-refractivity contribution >= 4 is 18.0 Å². The molecule has 0 aromatic heterocycles. The first kappa shape index (κ1) is 17.3. The van der Waals surface area contributed by atoms with Gasteiger partial charge in [-0.05, 0) is 32.1 Å². The van der Waals surface area contributed by atoms with E-state index in [0.717, 1.165) is 12.8 Å². The monoisotopic (exact) mass is 300 g/mol. The lowest BCUT2D eigenvalue weighted by Crippen LogP contribution is -2.46. The van der Waals surface area contributed by atoms with Crippen molar-refractivity contribution in [1.82, 2.24) is 10.2 Å². The molecule has 1 unspecified atom stereocenters. The number of nitrogens with zero attached hydrogens (tertiary/aromatic N) is 1. The molecule has 7 nitrogen and oxygen atoms in total. The van der Waals surface area contributed by atoms with Crippen LogP contribution < -0.4 is 5.32 Å². The molecule has 2 N–H and O–H groups in total. The number of carboxylic acids is 1. The largest absolute Gasteiger partial charge is 0.481 e. The fourth-order valence-electron chi connectivity index (χ4n) is 2.43. The SMILES string of the molecule is CCOC(=O)CCNC(=O)N1CCCC(CCC(=O)O)C1. The van der Waals surface area contributed by atoms with Gasteiger partial charge in [-0.1, -0.05) is 0 Å². The molecule has 21 heavy (non-hydrogen) atoms. The summed E-state index contributed by atoms with van der Waals surface area (Å²) in [6.45, 7) is 3.59. The average molecular weight is 300 g/mol. The van der Waals surface area contributed by atoms with Gasteiger partial charge in [0.1, 0.15) is 0 Å².